The molecule has 1 N–H and O–H groups in total. The number of hydrogen-bond donors (Lipinski definition) is 1. The van der Waals surface area contributed by atoms with Crippen molar-refractivity contribution in [3.05, 3.63) is 23.6 Å². The summed E-state index contributed by atoms with van der Waals surface area (Å²) in [7, 11) is 1.53. The Balaban J connectivity index is 2.10. The van der Waals surface area contributed by atoms with E-state index in [0.717, 1.165) is 19.0 Å². The van der Waals surface area contributed by atoms with Crippen LogP contribution in [0.3, 0.4) is 0 Å². The lowest BCUT2D eigenvalue weighted by Gasteiger charge is -2.21. The number of alkyl halides is 2. The Hall–Kier alpha value is -1.30. The second kappa shape index (κ2) is 5.56. The van der Waals surface area contributed by atoms with E-state index < -0.39 is 18.8 Å². The summed E-state index contributed by atoms with van der Waals surface area (Å²) in [6.45, 7) is 0.0490. The molecule has 0 radical (unpaired) electrons. The molecule has 0 aliphatic heterocycles. The minimum atomic E-state index is -2.44. The SMILES string of the molecule is CN(CC(F)F)c1ncc(F)cc1CNC1CC1. The van der Waals surface area contributed by atoms with Gasteiger partial charge >= 0.3 is 0 Å². The fraction of sp³-hybridized carbons (Fsp3) is 0.583. The summed E-state index contributed by atoms with van der Waals surface area (Å²) < 4.78 is 37.8. The number of rotatable bonds is 6. The van der Waals surface area contributed by atoms with Gasteiger partial charge in [0.1, 0.15) is 11.6 Å². The monoisotopic (exact) mass is 259 g/mol. The summed E-state index contributed by atoms with van der Waals surface area (Å²) in [5, 5.41) is 3.23. The molecule has 0 bridgehead atoms. The van der Waals surface area contributed by atoms with Crippen molar-refractivity contribution in [2.75, 3.05) is 18.5 Å². The first kappa shape index (κ1) is 13.1. The number of pyridine rings is 1. The molecule has 1 fully saturated rings. The molecule has 100 valence electrons. The molecule has 0 amide bonds. The zero-order chi connectivity index (χ0) is 13.1. The number of anilines is 1. The van der Waals surface area contributed by atoms with E-state index in [1.807, 2.05) is 0 Å². The minimum absolute atomic E-state index is 0.407. The van der Waals surface area contributed by atoms with Gasteiger partial charge in [0.05, 0.1) is 12.7 Å². The van der Waals surface area contributed by atoms with Gasteiger partial charge in [-0.15, -0.1) is 0 Å². The lowest BCUT2D eigenvalue weighted by atomic mass is 10.2. The quantitative estimate of drug-likeness (QED) is 0.848. The van der Waals surface area contributed by atoms with E-state index in [-0.39, 0.29) is 0 Å². The fourth-order valence-electron chi connectivity index (χ4n) is 1.78. The average Bonchev–Trinajstić information content (AvgIpc) is 3.09. The summed E-state index contributed by atoms with van der Waals surface area (Å²) >= 11 is 0. The van der Waals surface area contributed by atoms with Gasteiger partial charge in [0.2, 0.25) is 0 Å². The number of halogens is 3. The largest absolute Gasteiger partial charge is 0.354 e. The Morgan fingerprint density at radius 3 is 2.83 bits per heavy atom. The van der Waals surface area contributed by atoms with E-state index in [0.29, 0.717) is 24.0 Å². The van der Waals surface area contributed by atoms with E-state index in [1.54, 1.807) is 0 Å². The minimum Gasteiger partial charge on any atom is -0.354 e. The van der Waals surface area contributed by atoms with Gasteiger partial charge in [-0.25, -0.2) is 18.2 Å². The van der Waals surface area contributed by atoms with Gasteiger partial charge in [-0.3, -0.25) is 0 Å². The maximum absolute atomic E-state index is 13.2. The zero-order valence-corrected chi connectivity index (χ0v) is 10.2. The molecule has 2 rings (SSSR count). The van der Waals surface area contributed by atoms with Crippen molar-refractivity contribution in [1.82, 2.24) is 10.3 Å². The summed E-state index contributed by atoms with van der Waals surface area (Å²) in [4.78, 5) is 5.26. The van der Waals surface area contributed by atoms with Crippen LogP contribution in [0.5, 0.6) is 0 Å². The summed E-state index contributed by atoms with van der Waals surface area (Å²) in [5.74, 6) is -0.0401. The second-order valence-corrected chi connectivity index (χ2v) is 4.56. The summed E-state index contributed by atoms with van der Waals surface area (Å²) in [5.41, 5.74) is 0.616. The lowest BCUT2D eigenvalue weighted by Crippen LogP contribution is -2.27. The van der Waals surface area contributed by atoms with Crippen molar-refractivity contribution in [2.24, 2.45) is 0 Å². The first-order chi connectivity index (χ1) is 8.56. The highest BCUT2D eigenvalue weighted by molar-refractivity contribution is 5.46. The molecule has 0 saturated heterocycles. The maximum Gasteiger partial charge on any atom is 0.255 e. The third kappa shape index (κ3) is 3.60. The zero-order valence-electron chi connectivity index (χ0n) is 10.2. The molecule has 18 heavy (non-hydrogen) atoms. The topological polar surface area (TPSA) is 28.2 Å². The van der Waals surface area contributed by atoms with Crippen molar-refractivity contribution in [2.45, 2.75) is 31.9 Å². The number of nitrogens with one attached hydrogen (secondary N) is 1. The van der Waals surface area contributed by atoms with Crippen LogP contribution in [0.1, 0.15) is 18.4 Å². The number of hydrogen-bond acceptors (Lipinski definition) is 3. The lowest BCUT2D eigenvalue weighted by molar-refractivity contribution is 0.156. The highest BCUT2D eigenvalue weighted by Crippen LogP contribution is 2.22. The molecule has 1 aliphatic carbocycles. The Morgan fingerprint density at radius 2 is 2.22 bits per heavy atom. The van der Waals surface area contributed by atoms with Crippen molar-refractivity contribution in [3.63, 3.8) is 0 Å². The van der Waals surface area contributed by atoms with Crippen molar-refractivity contribution in [1.29, 1.82) is 0 Å². The van der Waals surface area contributed by atoms with E-state index >= 15 is 0 Å². The van der Waals surface area contributed by atoms with Gasteiger partial charge in [0.15, 0.2) is 0 Å². The maximum atomic E-state index is 13.2. The molecule has 0 unspecified atom stereocenters. The second-order valence-electron chi connectivity index (χ2n) is 4.56. The molecule has 1 aromatic rings. The van der Waals surface area contributed by atoms with Crippen LogP contribution < -0.4 is 10.2 Å². The molecule has 1 aliphatic rings. The van der Waals surface area contributed by atoms with Crippen LogP contribution in [0.25, 0.3) is 0 Å². The third-order valence-corrected chi connectivity index (χ3v) is 2.84. The molecule has 1 saturated carbocycles. The van der Waals surface area contributed by atoms with Crippen LogP contribution in [0.15, 0.2) is 12.3 Å². The van der Waals surface area contributed by atoms with Gasteiger partial charge < -0.3 is 10.2 Å². The van der Waals surface area contributed by atoms with E-state index in [1.165, 1.54) is 18.0 Å². The molecule has 1 aromatic heterocycles. The number of nitrogens with zero attached hydrogens (tertiary/aromatic N) is 2. The van der Waals surface area contributed by atoms with Crippen molar-refractivity contribution >= 4 is 5.82 Å². The van der Waals surface area contributed by atoms with Crippen LogP contribution in [-0.2, 0) is 6.54 Å². The first-order valence-corrected chi connectivity index (χ1v) is 5.93. The van der Waals surface area contributed by atoms with Gasteiger partial charge in [0, 0.05) is 25.2 Å². The van der Waals surface area contributed by atoms with Crippen LogP contribution >= 0.6 is 0 Å². The Morgan fingerprint density at radius 1 is 1.50 bits per heavy atom. The molecule has 3 nitrogen and oxygen atoms in total. The van der Waals surface area contributed by atoms with Gasteiger partial charge in [-0.2, -0.15) is 0 Å². The Bertz CT molecular complexity index is 408. The highest BCUT2D eigenvalue weighted by atomic mass is 19.3. The normalized spacial score (nSPS) is 15.2. The Labute approximate surface area is 104 Å². The Kier molecular flexibility index (Phi) is 4.06. The molecular formula is C12H16F3N3. The summed E-state index contributed by atoms with van der Waals surface area (Å²) in [6.07, 6.45) is 0.847. The van der Waals surface area contributed by atoms with Crippen molar-refractivity contribution < 1.29 is 13.2 Å². The van der Waals surface area contributed by atoms with Gasteiger partial charge in [-0.05, 0) is 18.9 Å². The predicted octanol–water partition coefficient (Wildman–Crippen LogP) is 2.17. The third-order valence-electron chi connectivity index (χ3n) is 2.84. The fourth-order valence-corrected chi connectivity index (χ4v) is 1.78. The highest BCUT2D eigenvalue weighted by Gasteiger charge is 2.21. The van der Waals surface area contributed by atoms with Gasteiger partial charge in [0.25, 0.3) is 6.43 Å². The van der Waals surface area contributed by atoms with E-state index in [2.05, 4.69) is 10.3 Å². The molecular weight excluding hydrogens is 243 g/mol. The van der Waals surface area contributed by atoms with Crippen LogP contribution in [-0.4, -0.2) is 31.0 Å². The first-order valence-electron chi connectivity index (χ1n) is 5.93. The number of aromatic nitrogens is 1. The standard InChI is InChI=1S/C12H16F3N3/c1-18(7-11(14)15)12-8(4-9(13)6-17-12)5-16-10-2-3-10/h4,6,10-11,16H,2-3,5,7H2,1H3. The summed E-state index contributed by atoms with van der Waals surface area (Å²) in [6, 6.07) is 1.82. The molecule has 0 atom stereocenters. The van der Waals surface area contributed by atoms with Crippen LogP contribution in [0.4, 0.5) is 19.0 Å². The predicted molar refractivity (Wildman–Crippen MR) is 63.3 cm³/mol. The van der Waals surface area contributed by atoms with E-state index in [4.69, 9.17) is 0 Å². The van der Waals surface area contributed by atoms with E-state index in [9.17, 15) is 13.2 Å². The molecule has 0 aromatic carbocycles. The van der Waals surface area contributed by atoms with Gasteiger partial charge in [-0.1, -0.05) is 0 Å². The molecule has 1 heterocycles. The molecule has 0 spiro atoms. The van der Waals surface area contributed by atoms with Crippen molar-refractivity contribution in [3.8, 4) is 0 Å². The van der Waals surface area contributed by atoms with Crippen LogP contribution in [0, 0.1) is 5.82 Å². The molecule has 6 heteroatoms. The van der Waals surface area contributed by atoms with Crippen LogP contribution in [0.2, 0.25) is 0 Å². The smallest absolute Gasteiger partial charge is 0.255 e. The average molecular weight is 259 g/mol.